The highest BCUT2D eigenvalue weighted by molar-refractivity contribution is 6.06. The molecule has 0 aromatic heterocycles. The van der Waals surface area contributed by atoms with Crippen molar-refractivity contribution in [2.24, 2.45) is 0 Å². The van der Waals surface area contributed by atoms with Crippen molar-refractivity contribution in [3.63, 3.8) is 0 Å². The first-order valence-electron chi connectivity index (χ1n) is 8.01. The van der Waals surface area contributed by atoms with Crippen molar-refractivity contribution in [3.05, 3.63) is 54.1 Å². The van der Waals surface area contributed by atoms with Crippen LogP contribution in [-0.4, -0.2) is 18.4 Å². The quantitative estimate of drug-likeness (QED) is 0.754. The van der Waals surface area contributed by atoms with Crippen LogP contribution in [0.2, 0.25) is 0 Å². The van der Waals surface area contributed by atoms with E-state index in [1.54, 1.807) is 36.4 Å². The largest absolute Gasteiger partial charge is 0.493 e. The Bertz CT molecular complexity index is 696. The summed E-state index contributed by atoms with van der Waals surface area (Å²) in [5.41, 5.74) is 1.83. The van der Waals surface area contributed by atoms with E-state index in [0.717, 1.165) is 12.8 Å². The van der Waals surface area contributed by atoms with Crippen molar-refractivity contribution in [3.8, 4) is 5.75 Å². The highest BCUT2D eigenvalue weighted by Crippen LogP contribution is 2.21. The summed E-state index contributed by atoms with van der Waals surface area (Å²) in [4.78, 5) is 23.5. The van der Waals surface area contributed by atoms with Crippen molar-refractivity contribution in [2.45, 2.75) is 26.7 Å². The van der Waals surface area contributed by atoms with E-state index in [2.05, 4.69) is 17.6 Å². The summed E-state index contributed by atoms with van der Waals surface area (Å²) in [5.74, 6) is 0.220. The lowest BCUT2D eigenvalue weighted by molar-refractivity contribution is -0.114. The zero-order chi connectivity index (χ0) is 17.4. The van der Waals surface area contributed by atoms with Gasteiger partial charge in [-0.3, -0.25) is 9.59 Å². The van der Waals surface area contributed by atoms with Gasteiger partial charge in [0.2, 0.25) is 5.91 Å². The fourth-order valence-corrected chi connectivity index (χ4v) is 2.15. The van der Waals surface area contributed by atoms with Crippen LogP contribution in [0.15, 0.2) is 48.5 Å². The van der Waals surface area contributed by atoms with Crippen LogP contribution in [0.4, 0.5) is 11.4 Å². The van der Waals surface area contributed by atoms with E-state index in [9.17, 15) is 9.59 Å². The molecule has 0 fully saturated rings. The van der Waals surface area contributed by atoms with Crippen molar-refractivity contribution in [1.29, 1.82) is 0 Å². The lowest BCUT2D eigenvalue weighted by Crippen LogP contribution is -2.14. The van der Waals surface area contributed by atoms with Crippen LogP contribution < -0.4 is 15.4 Å². The minimum Gasteiger partial charge on any atom is -0.493 e. The number of nitrogens with one attached hydrogen (secondary N) is 2. The third-order valence-electron chi connectivity index (χ3n) is 3.35. The Hall–Kier alpha value is -2.82. The second-order valence-corrected chi connectivity index (χ2v) is 5.41. The normalized spacial score (nSPS) is 10.1. The number of rotatable bonds is 7. The van der Waals surface area contributed by atoms with E-state index in [1.165, 1.54) is 6.92 Å². The number of benzene rings is 2. The number of carbonyl (C=O) groups is 2. The second kappa shape index (κ2) is 8.72. The van der Waals surface area contributed by atoms with Gasteiger partial charge in [-0.2, -0.15) is 0 Å². The maximum absolute atomic E-state index is 12.5. The molecule has 0 atom stereocenters. The molecule has 0 aliphatic heterocycles. The molecule has 2 aromatic carbocycles. The molecule has 0 aliphatic rings. The van der Waals surface area contributed by atoms with Crippen LogP contribution >= 0.6 is 0 Å². The maximum Gasteiger partial charge on any atom is 0.259 e. The first-order valence-corrected chi connectivity index (χ1v) is 8.01. The number of para-hydroxylation sites is 1. The Morgan fingerprint density at radius 1 is 0.958 bits per heavy atom. The van der Waals surface area contributed by atoms with E-state index < -0.39 is 0 Å². The Morgan fingerprint density at radius 3 is 2.21 bits per heavy atom. The number of ether oxygens (including phenoxy) is 1. The second-order valence-electron chi connectivity index (χ2n) is 5.41. The lowest BCUT2D eigenvalue weighted by atomic mass is 10.1. The standard InChI is InChI=1S/C19H22N2O3/c1-3-4-13-24-18-8-6-5-7-17(18)19(23)21-16-11-9-15(10-12-16)20-14(2)22/h5-12H,3-4,13H2,1-2H3,(H,20,22)(H,21,23). The Morgan fingerprint density at radius 2 is 1.58 bits per heavy atom. The van der Waals surface area contributed by atoms with Gasteiger partial charge in [-0.15, -0.1) is 0 Å². The monoisotopic (exact) mass is 326 g/mol. The highest BCUT2D eigenvalue weighted by Gasteiger charge is 2.12. The molecule has 0 aliphatic carbocycles. The van der Waals surface area contributed by atoms with Gasteiger partial charge >= 0.3 is 0 Å². The number of carbonyl (C=O) groups excluding carboxylic acids is 2. The molecule has 0 saturated carbocycles. The summed E-state index contributed by atoms with van der Waals surface area (Å²) in [5, 5.41) is 5.52. The lowest BCUT2D eigenvalue weighted by Gasteiger charge is -2.12. The molecule has 0 heterocycles. The minimum atomic E-state index is -0.227. The van der Waals surface area contributed by atoms with Gasteiger partial charge < -0.3 is 15.4 Å². The predicted molar refractivity (Wildman–Crippen MR) is 95.5 cm³/mol. The molecular weight excluding hydrogens is 304 g/mol. The number of amides is 2. The molecule has 2 aromatic rings. The molecule has 5 nitrogen and oxygen atoms in total. The third-order valence-corrected chi connectivity index (χ3v) is 3.35. The van der Waals surface area contributed by atoms with E-state index in [0.29, 0.717) is 29.3 Å². The highest BCUT2D eigenvalue weighted by atomic mass is 16.5. The SMILES string of the molecule is CCCCOc1ccccc1C(=O)Nc1ccc(NC(C)=O)cc1. The Balaban J connectivity index is 2.05. The number of unbranched alkanes of at least 4 members (excludes halogenated alkanes) is 1. The molecule has 2 rings (SSSR count). The number of anilines is 2. The average Bonchev–Trinajstić information content (AvgIpc) is 2.57. The first kappa shape index (κ1) is 17.5. The predicted octanol–water partition coefficient (Wildman–Crippen LogP) is 4.08. The molecule has 126 valence electrons. The summed E-state index contributed by atoms with van der Waals surface area (Å²) in [6.07, 6.45) is 1.98. The van der Waals surface area contributed by atoms with Gasteiger partial charge in [0.15, 0.2) is 0 Å². The zero-order valence-electron chi connectivity index (χ0n) is 14.0. The summed E-state index contributed by atoms with van der Waals surface area (Å²) in [6.45, 7) is 4.13. The van der Waals surface area contributed by atoms with Gasteiger partial charge in [0.25, 0.3) is 5.91 Å². The maximum atomic E-state index is 12.5. The smallest absolute Gasteiger partial charge is 0.259 e. The number of hydrogen-bond donors (Lipinski definition) is 2. The molecular formula is C19H22N2O3. The summed E-state index contributed by atoms with van der Waals surface area (Å²) in [6, 6.07) is 14.1. The van der Waals surface area contributed by atoms with Gasteiger partial charge in [-0.05, 0) is 42.8 Å². The van der Waals surface area contributed by atoms with Crippen LogP contribution in [0.25, 0.3) is 0 Å². The average molecular weight is 326 g/mol. The first-order chi connectivity index (χ1) is 11.6. The van der Waals surface area contributed by atoms with Gasteiger partial charge in [0.1, 0.15) is 5.75 Å². The van der Waals surface area contributed by atoms with Crippen molar-refractivity contribution < 1.29 is 14.3 Å². The van der Waals surface area contributed by atoms with Gasteiger partial charge in [-0.25, -0.2) is 0 Å². The van der Waals surface area contributed by atoms with Crippen molar-refractivity contribution in [1.82, 2.24) is 0 Å². The van der Waals surface area contributed by atoms with Crippen LogP contribution in [-0.2, 0) is 4.79 Å². The van der Waals surface area contributed by atoms with Crippen LogP contribution in [0.5, 0.6) is 5.75 Å². The molecule has 2 N–H and O–H groups in total. The van der Waals surface area contributed by atoms with Crippen molar-refractivity contribution >= 4 is 23.2 Å². The van der Waals surface area contributed by atoms with Crippen LogP contribution in [0.3, 0.4) is 0 Å². The summed E-state index contributed by atoms with van der Waals surface area (Å²) in [7, 11) is 0. The Kier molecular flexibility index (Phi) is 6.37. The minimum absolute atomic E-state index is 0.134. The van der Waals surface area contributed by atoms with Gasteiger partial charge in [-0.1, -0.05) is 25.5 Å². The fraction of sp³-hybridized carbons (Fsp3) is 0.263. The van der Waals surface area contributed by atoms with E-state index in [-0.39, 0.29) is 11.8 Å². The van der Waals surface area contributed by atoms with Crippen LogP contribution in [0, 0.1) is 0 Å². The number of hydrogen-bond acceptors (Lipinski definition) is 3. The van der Waals surface area contributed by atoms with E-state index >= 15 is 0 Å². The molecule has 5 heteroatoms. The van der Waals surface area contributed by atoms with Gasteiger partial charge in [0.05, 0.1) is 12.2 Å². The topological polar surface area (TPSA) is 67.4 Å². The van der Waals surface area contributed by atoms with Crippen LogP contribution in [0.1, 0.15) is 37.0 Å². The molecule has 0 bridgehead atoms. The summed E-state index contributed by atoms with van der Waals surface area (Å²) < 4.78 is 5.69. The van der Waals surface area contributed by atoms with E-state index in [1.807, 2.05) is 12.1 Å². The summed E-state index contributed by atoms with van der Waals surface area (Å²) >= 11 is 0. The van der Waals surface area contributed by atoms with Crippen molar-refractivity contribution in [2.75, 3.05) is 17.2 Å². The molecule has 0 saturated heterocycles. The Labute approximate surface area is 142 Å². The fourth-order valence-electron chi connectivity index (χ4n) is 2.15. The van der Waals surface area contributed by atoms with E-state index in [4.69, 9.17) is 4.74 Å². The molecule has 24 heavy (non-hydrogen) atoms. The molecule has 0 radical (unpaired) electrons. The molecule has 2 amide bonds. The zero-order valence-corrected chi connectivity index (χ0v) is 14.0. The molecule has 0 spiro atoms. The van der Waals surface area contributed by atoms with Gasteiger partial charge in [0, 0.05) is 18.3 Å². The third kappa shape index (κ3) is 5.12. The molecule has 0 unspecified atom stereocenters.